The van der Waals surface area contributed by atoms with Gasteiger partial charge in [0.2, 0.25) is 0 Å². The summed E-state index contributed by atoms with van der Waals surface area (Å²) in [5.74, 6) is -0.813. The van der Waals surface area contributed by atoms with Gasteiger partial charge in [0.25, 0.3) is 0 Å². The molecule has 0 radical (unpaired) electrons. The van der Waals surface area contributed by atoms with Crippen molar-refractivity contribution in [2.24, 2.45) is 0 Å². The fourth-order valence-corrected chi connectivity index (χ4v) is 1.99. The molecule has 0 atom stereocenters. The standard InChI is InChI=1S/C15H12F4O2/c1-9-12(6-7-13(20-2)14(9)16)10-4-3-5-11(8-10)21-15(17,18)19/h3-8H,1-2H3. The maximum atomic E-state index is 14.0. The van der Waals surface area contributed by atoms with Gasteiger partial charge in [0.1, 0.15) is 5.75 Å². The van der Waals surface area contributed by atoms with Crippen LogP contribution in [0.4, 0.5) is 17.6 Å². The van der Waals surface area contributed by atoms with Gasteiger partial charge in [0.15, 0.2) is 11.6 Å². The molecule has 0 aliphatic carbocycles. The first kappa shape index (κ1) is 15.2. The smallest absolute Gasteiger partial charge is 0.494 e. The van der Waals surface area contributed by atoms with Crippen LogP contribution in [0.25, 0.3) is 11.1 Å². The number of halogens is 4. The summed E-state index contributed by atoms with van der Waals surface area (Å²) in [6.07, 6.45) is -4.77. The Kier molecular flexibility index (Phi) is 4.06. The summed E-state index contributed by atoms with van der Waals surface area (Å²) in [5.41, 5.74) is 1.19. The lowest BCUT2D eigenvalue weighted by Gasteiger charge is -2.13. The molecule has 0 heterocycles. The van der Waals surface area contributed by atoms with E-state index in [1.165, 1.54) is 38.3 Å². The van der Waals surface area contributed by atoms with Gasteiger partial charge in [0.05, 0.1) is 7.11 Å². The second kappa shape index (κ2) is 5.63. The molecule has 0 aliphatic rings. The molecule has 2 aromatic rings. The molecule has 112 valence electrons. The molecule has 2 rings (SSSR count). The molecule has 0 N–H and O–H groups in total. The highest BCUT2D eigenvalue weighted by molar-refractivity contribution is 5.69. The van der Waals surface area contributed by atoms with E-state index in [1.54, 1.807) is 12.1 Å². The van der Waals surface area contributed by atoms with Gasteiger partial charge in [0, 0.05) is 0 Å². The van der Waals surface area contributed by atoms with E-state index in [-0.39, 0.29) is 11.5 Å². The first-order valence-electron chi connectivity index (χ1n) is 6.01. The first-order valence-corrected chi connectivity index (χ1v) is 6.01. The lowest BCUT2D eigenvalue weighted by molar-refractivity contribution is -0.274. The van der Waals surface area contributed by atoms with Gasteiger partial charge in [-0.2, -0.15) is 0 Å². The van der Waals surface area contributed by atoms with Crippen LogP contribution in [0.3, 0.4) is 0 Å². The molecular weight excluding hydrogens is 288 g/mol. The van der Waals surface area contributed by atoms with Crippen LogP contribution in [0, 0.1) is 12.7 Å². The zero-order valence-electron chi connectivity index (χ0n) is 11.3. The molecule has 6 heteroatoms. The van der Waals surface area contributed by atoms with E-state index >= 15 is 0 Å². The minimum absolute atomic E-state index is 0.0824. The van der Waals surface area contributed by atoms with E-state index in [9.17, 15) is 17.6 Å². The highest BCUT2D eigenvalue weighted by Gasteiger charge is 2.31. The number of rotatable bonds is 3. The van der Waals surface area contributed by atoms with Gasteiger partial charge in [-0.1, -0.05) is 18.2 Å². The Hall–Kier alpha value is -2.24. The number of ether oxygens (including phenoxy) is 2. The molecule has 0 fully saturated rings. The fraction of sp³-hybridized carbons (Fsp3) is 0.200. The van der Waals surface area contributed by atoms with Gasteiger partial charge in [-0.3, -0.25) is 0 Å². The van der Waals surface area contributed by atoms with E-state index in [1.807, 2.05) is 0 Å². The first-order chi connectivity index (χ1) is 9.81. The van der Waals surface area contributed by atoms with Crippen LogP contribution in [0.1, 0.15) is 5.56 Å². The number of methoxy groups -OCH3 is 1. The molecule has 0 aromatic heterocycles. The number of hydrogen-bond acceptors (Lipinski definition) is 2. The minimum Gasteiger partial charge on any atom is -0.494 e. The summed E-state index contributed by atoms with van der Waals surface area (Å²) in [4.78, 5) is 0. The number of hydrogen-bond donors (Lipinski definition) is 0. The summed E-state index contributed by atoms with van der Waals surface area (Å²) in [6.45, 7) is 1.53. The van der Waals surface area contributed by atoms with E-state index in [4.69, 9.17) is 4.74 Å². The normalized spacial score (nSPS) is 11.3. The van der Waals surface area contributed by atoms with Crippen LogP contribution in [0.2, 0.25) is 0 Å². The van der Waals surface area contributed by atoms with E-state index in [0.29, 0.717) is 16.7 Å². The molecule has 21 heavy (non-hydrogen) atoms. The highest BCUT2D eigenvalue weighted by atomic mass is 19.4. The van der Waals surface area contributed by atoms with Crippen LogP contribution in [0.5, 0.6) is 11.5 Å². The van der Waals surface area contributed by atoms with Crippen LogP contribution < -0.4 is 9.47 Å². The Morgan fingerprint density at radius 2 is 1.76 bits per heavy atom. The maximum absolute atomic E-state index is 14.0. The molecule has 0 spiro atoms. The predicted molar refractivity (Wildman–Crippen MR) is 69.8 cm³/mol. The molecule has 0 aliphatic heterocycles. The van der Waals surface area contributed by atoms with Crippen molar-refractivity contribution in [2.75, 3.05) is 7.11 Å². The van der Waals surface area contributed by atoms with Crippen LogP contribution in [-0.4, -0.2) is 13.5 Å². The Morgan fingerprint density at radius 1 is 1.05 bits per heavy atom. The van der Waals surface area contributed by atoms with Crippen molar-refractivity contribution in [2.45, 2.75) is 13.3 Å². The van der Waals surface area contributed by atoms with Crippen molar-refractivity contribution in [1.82, 2.24) is 0 Å². The fourth-order valence-electron chi connectivity index (χ4n) is 1.99. The third kappa shape index (κ3) is 3.45. The molecule has 0 unspecified atom stereocenters. The van der Waals surface area contributed by atoms with Gasteiger partial charge in [-0.05, 0) is 41.8 Å². The molecule has 0 amide bonds. The summed E-state index contributed by atoms with van der Waals surface area (Å²) < 4.78 is 59.4. The van der Waals surface area contributed by atoms with Gasteiger partial charge < -0.3 is 9.47 Å². The molecule has 0 bridgehead atoms. The van der Waals surface area contributed by atoms with Crippen molar-refractivity contribution in [3.05, 3.63) is 47.8 Å². The van der Waals surface area contributed by atoms with Crippen molar-refractivity contribution in [3.8, 4) is 22.6 Å². The van der Waals surface area contributed by atoms with Crippen molar-refractivity contribution < 1.29 is 27.0 Å². The van der Waals surface area contributed by atoms with E-state index in [2.05, 4.69) is 4.74 Å². The van der Waals surface area contributed by atoms with Crippen LogP contribution >= 0.6 is 0 Å². The average Bonchev–Trinajstić information content (AvgIpc) is 2.40. The third-order valence-electron chi connectivity index (χ3n) is 2.95. The molecule has 2 nitrogen and oxygen atoms in total. The molecule has 2 aromatic carbocycles. The average molecular weight is 300 g/mol. The SMILES string of the molecule is COc1ccc(-c2cccc(OC(F)(F)F)c2)c(C)c1F. The van der Waals surface area contributed by atoms with Gasteiger partial charge in [-0.15, -0.1) is 13.2 Å². The van der Waals surface area contributed by atoms with Crippen molar-refractivity contribution in [1.29, 1.82) is 0 Å². The van der Waals surface area contributed by atoms with Gasteiger partial charge >= 0.3 is 6.36 Å². The van der Waals surface area contributed by atoms with Crippen molar-refractivity contribution in [3.63, 3.8) is 0 Å². The summed E-state index contributed by atoms with van der Waals surface area (Å²) in [7, 11) is 1.34. The molecule has 0 saturated heterocycles. The van der Waals surface area contributed by atoms with E-state index in [0.717, 1.165) is 0 Å². The highest BCUT2D eigenvalue weighted by Crippen LogP contribution is 2.33. The quantitative estimate of drug-likeness (QED) is 0.764. The Morgan fingerprint density at radius 3 is 2.38 bits per heavy atom. The largest absolute Gasteiger partial charge is 0.573 e. The Balaban J connectivity index is 2.43. The monoisotopic (exact) mass is 300 g/mol. The lowest BCUT2D eigenvalue weighted by atomic mass is 9.99. The zero-order chi connectivity index (χ0) is 15.6. The van der Waals surface area contributed by atoms with Crippen LogP contribution in [-0.2, 0) is 0 Å². The third-order valence-corrected chi connectivity index (χ3v) is 2.95. The maximum Gasteiger partial charge on any atom is 0.573 e. The van der Waals surface area contributed by atoms with Crippen LogP contribution in [0.15, 0.2) is 36.4 Å². The number of benzene rings is 2. The second-order valence-electron chi connectivity index (χ2n) is 4.33. The van der Waals surface area contributed by atoms with Crippen molar-refractivity contribution >= 4 is 0 Å². The Labute approximate surface area is 118 Å². The molecule has 0 saturated carbocycles. The Bertz CT molecular complexity index is 651. The summed E-state index contributed by atoms with van der Waals surface area (Å²) in [5, 5.41) is 0. The number of alkyl halides is 3. The summed E-state index contributed by atoms with van der Waals surface area (Å²) in [6, 6.07) is 8.41. The van der Waals surface area contributed by atoms with Gasteiger partial charge in [-0.25, -0.2) is 4.39 Å². The molecular formula is C15H12F4O2. The minimum atomic E-state index is -4.77. The van der Waals surface area contributed by atoms with E-state index < -0.39 is 12.2 Å². The zero-order valence-corrected chi connectivity index (χ0v) is 11.3. The lowest BCUT2D eigenvalue weighted by Crippen LogP contribution is -2.17. The summed E-state index contributed by atoms with van der Waals surface area (Å²) >= 11 is 0. The second-order valence-corrected chi connectivity index (χ2v) is 4.33. The topological polar surface area (TPSA) is 18.5 Å². The predicted octanol–water partition coefficient (Wildman–Crippen LogP) is 4.71.